The number of rotatable bonds is 5. The van der Waals surface area contributed by atoms with Crippen molar-refractivity contribution in [2.45, 2.75) is 5.16 Å². The molecule has 2 aromatic carbocycles. The molecule has 142 valence electrons. The first-order valence-electron chi connectivity index (χ1n) is 8.26. The van der Waals surface area contributed by atoms with Crippen molar-refractivity contribution in [2.75, 3.05) is 11.1 Å². The summed E-state index contributed by atoms with van der Waals surface area (Å²) in [5.74, 6) is 0.135. The highest BCUT2D eigenvalue weighted by Crippen LogP contribution is 2.33. The van der Waals surface area contributed by atoms with Crippen molar-refractivity contribution >= 4 is 56.4 Å². The lowest BCUT2D eigenvalue weighted by Gasteiger charge is -2.06. The van der Waals surface area contributed by atoms with Crippen LogP contribution in [-0.2, 0) is 11.8 Å². The molecule has 9 heteroatoms. The first-order chi connectivity index (χ1) is 13.5. The summed E-state index contributed by atoms with van der Waals surface area (Å²) in [7, 11) is 1.88. The summed E-state index contributed by atoms with van der Waals surface area (Å²) in [5.41, 5.74) is 1.47. The summed E-state index contributed by atoms with van der Waals surface area (Å²) in [6.07, 6.45) is 0. The van der Waals surface area contributed by atoms with Gasteiger partial charge in [0.25, 0.3) is 0 Å². The molecule has 0 atom stereocenters. The molecule has 0 radical (unpaired) electrons. The van der Waals surface area contributed by atoms with Crippen LogP contribution in [0.4, 0.5) is 10.1 Å². The molecule has 0 aliphatic heterocycles. The van der Waals surface area contributed by atoms with Crippen molar-refractivity contribution in [1.29, 1.82) is 0 Å². The molecule has 1 N–H and O–H groups in total. The summed E-state index contributed by atoms with van der Waals surface area (Å²) in [6, 6.07) is 12.2. The molecule has 4 rings (SSSR count). The Labute approximate surface area is 173 Å². The zero-order chi connectivity index (χ0) is 19.7. The molecular weight excluding hydrogens is 419 g/mol. The molecule has 0 saturated heterocycles. The summed E-state index contributed by atoms with van der Waals surface area (Å²) in [5, 5.41) is 15.0. The van der Waals surface area contributed by atoms with Gasteiger partial charge in [0.2, 0.25) is 5.91 Å². The molecule has 2 aromatic heterocycles. The van der Waals surface area contributed by atoms with E-state index in [1.165, 1.54) is 34.7 Å². The number of aromatic nitrogens is 3. The van der Waals surface area contributed by atoms with Crippen LogP contribution in [0.1, 0.15) is 0 Å². The van der Waals surface area contributed by atoms with Crippen molar-refractivity contribution < 1.29 is 9.18 Å². The maximum atomic E-state index is 13.2. The topological polar surface area (TPSA) is 59.8 Å². The molecule has 1 amide bonds. The number of hydrogen-bond donors (Lipinski definition) is 1. The first-order valence-corrected chi connectivity index (χ1v) is 10.5. The highest BCUT2D eigenvalue weighted by molar-refractivity contribution is 7.99. The van der Waals surface area contributed by atoms with Gasteiger partial charge in [0.15, 0.2) is 11.0 Å². The summed E-state index contributed by atoms with van der Waals surface area (Å²) >= 11 is 8.67. The molecule has 28 heavy (non-hydrogen) atoms. The maximum Gasteiger partial charge on any atom is 0.234 e. The monoisotopic (exact) mass is 432 g/mol. The summed E-state index contributed by atoms with van der Waals surface area (Å²) < 4.78 is 16.3. The average molecular weight is 433 g/mol. The predicted octanol–water partition coefficient (Wildman–Crippen LogP) is 5.22. The van der Waals surface area contributed by atoms with Crippen LogP contribution in [0.5, 0.6) is 0 Å². The van der Waals surface area contributed by atoms with E-state index in [2.05, 4.69) is 33.0 Å². The van der Waals surface area contributed by atoms with Gasteiger partial charge in [0, 0.05) is 33.8 Å². The Kier molecular flexibility index (Phi) is 5.34. The minimum atomic E-state index is -0.526. The SMILES string of the molecule is Cn1c(SCC(=O)Nc2ccc(F)c(Cl)c2)nnc1-c1csc2ccccc12. The number of thiophene rings is 1. The molecule has 0 fully saturated rings. The number of amides is 1. The molecule has 0 unspecified atom stereocenters. The Bertz CT molecular complexity index is 1170. The first kappa shape index (κ1) is 18.9. The number of fused-ring (bicyclic) bond motifs is 1. The van der Waals surface area contributed by atoms with E-state index in [1.807, 2.05) is 23.7 Å². The van der Waals surface area contributed by atoms with Crippen molar-refractivity contribution in [3.8, 4) is 11.4 Å². The van der Waals surface area contributed by atoms with Gasteiger partial charge in [-0.2, -0.15) is 0 Å². The smallest absolute Gasteiger partial charge is 0.234 e. The van der Waals surface area contributed by atoms with Gasteiger partial charge in [0.1, 0.15) is 5.82 Å². The van der Waals surface area contributed by atoms with E-state index in [0.29, 0.717) is 10.8 Å². The second kappa shape index (κ2) is 7.90. The largest absolute Gasteiger partial charge is 0.325 e. The van der Waals surface area contributed by atoms with Gasteiger partial charge < -0.3 is 9.88 Å². The number of hydrogen-bond acceptors (Lipinski definition) is 5. The van der Waals surface area contributed by atoms with Crippen LogP contribution in [0.3, 0.4) is 0 Å². The van der Waals surface area contributed by atoms with Crippen molar-refractivity contribution in [3.05, 3.63) is 58.7 Å². The van der Waals surface area contributed by atoms with Crippen molar-refractivity contribution in [1.82, 2.24) is 14.8 Å². The highest BCUT2D eigenvalue weighted by atomic mass is 35.5. The normalized spacial score (nSPS) is 11.1. The van der Waals surface area contributed by atoms with Crippen molar-refractivity contribution in [2.24, 2.45) is 7.05 Å². The number of nitrogens with one attached hydrogen (secondary N) is 1. The third-order valence-corrected chi connectivity index (χ3v) is 6.37. The number of thioether (sulfide) groups is 1. The summed E-state index contributed by atoms with van der Waals surface area (Å²) in [6.45, 7) is 0. The van der Waals surface area contributed by atoms with Crippen LogP contribution in [0.2, 0.25) is 5.02 Å². The van der Waals surface area contributed by atoms with Crippen LogP contribution in [0, 0.1) is 5.82 Å². The highest BCUT2D eigenvalue weighted by Gasteiger charge is 2.16. The number of nitrogens with zero attached hydrogens (tertiary/aromatic N) is 3. The second-order valence-corrected chi connectivity index (χ2v) is 8.24. The summed E-state index contributed by atoms with van der Waals surface area (Å²) in [4.78, 5) is 12.2. The Hall–Kier alpha value is -2.42. The van der Waals surface area contributed by atoms with E-state index in [1.54, 1.807) is 11.3 Å². The lowest BCUT2D eigenvalue weighted by Crippen LogP contribution is -2.14. The van der Waals surface area contributed by atoms with Crippen LogP contribution in [0.15, 0.2) is 53.0 Å². The Morgan fingerprint density at radius 1 is 1.29 bits per heavy atom. The molecule has 0 bridgehead atoms. The van der Waals surface area contributed by atoms with Crippen molar-refractivity contribution in [3.63, 3.8) is 0 Å². The van der Waals surface area contributed by atoms with Gasteiger partial charge in [-0.3, -0.25) is 4.79 Å². The fourth-order valence-electron chi connectivity index (χ4n) is 2.73. The lowest BCUT2D eigenvalue weighted by molar-refractivity contribution is -0.113. The van der Waals surface area contributed by atoms with E-state index in [0.717, 1.165) is 16.8 Å². The van der Waals surface area contributed by atoms with Crippen LogP contribution in [-0.4, -0.2) is 26.4 Å². The molecule has 0 spiro atoms. The molecule has 0 aliphatic rings. The number of carbonyl (C=O) groups excluding carboxylic acids is 1. The third kappa shape index (κ3) is 3.76. The molecule has 2 heterocycles. The fraction of sp³-hybridized carbons (Fsp3) is 0.105. The van der Waals surface area contributed by atoms with Crippen LogP contribution >= 0.6 is 34.7 Å². The third-order valence-electron chi connectivity index (χ3n) is 4.09. The molecule has 0 saturated carbocycles. The lowest BCUT2D eigenvalue weighted by atomic mass is 10.2. The van der Waals surface area contributed by atoms with Gasteiger partial charge in [0.05, 0.1) is 10.8 Å². The standard InChI is InChI=1S/C19H14ClFN4OS2/c1-25-18(13-9-27-16-5-3-2-4-12(13)16)23-24-19(25)28-10-17(26)22-11-6-7-15(21)14(20)8-11/h2-9H,10H2,1H3,(H,22,26). The van der Waals surface area contributed by atoms with Crippen LogP contribution in [0.25, 0.3) is 21.5 Å². The average Bonchev–Trinajstić information content (AvgIpc) is 3.26. The molecular formula is C19H14ClFN4OS2. The zero-order valence-corrected chi connectivity index (χ0v) is 17.0. The zero-order valence-electron chi connectivity index (χ0n) is 14.6. The Morgan fingerprint density at radius 2 is 2.11 bits per heavy atom. The van der Waals surface area contributed by atoms with Gasteiger partial charge in [-0.1, -0.05) is 41.6 Å². The number of carbonyl (C=O) groups is 1. The van der Waals surface area contributed by atoms with Crippen LogP contribution < -0.4 is 5.32 Å². The number of halogens is 2. The van der Waals surface area contributed by atoms with Gasteiger partial charge in [-0.25, -0.2) is 4.39 Å². The minimum Gasteiger partial charge on any atom is -0.325 e. The van der Waals surface area contributed by atoms with E-state index in [9.17, 15) is 9.18 Å². The van der Waals surface area contributed by atoms with Gasteiger partial charge >= 0.3 is 0 Å². The number of benzene rings is 2. The maximum absolute atomic E-state index is 13.2. The minimum absolute atomic E-state index is 0.0358. The van der Waals surface area contributed by atoms with E-state index in [-0.39, 0.29) is 16.7 Å². The molecule has 5 nitrogen and oxygen atoms in total. The number of anilines is 1. The second-order valence-electron chi connectivity index (χ2n) is 5.98. The Morgan fingerprint density at radius 3 is 2.93 bits per heavy atom. The van der Waals surface area contributed by atoms with Gasteiger partial charge in [-0.15, -0.1) is 21.5 Å². The molecule has 0 aliphatic carbocycles. The predicted molar refractivity (Wildman–Crippen MR) is 113 cm³/mol. The Balaban J connectivity index is 1.46. The van der Waals surface area contributed by atoms with E-state index < -0.39 is 5.82 Å². The molecule has 4 aromatic rings. The van der Waals surface area contributed by atoms with E-state index in [4.69, 9.17) is 11.6 Å². The fourth-order valence-corrected chi connectivity index (χ4v) is 4.56. The quantitative estimate of drug-likeness (QED) is 0.439. The van der Waals surface area contributed by atoms with Gasteiger partial charge in [-0.05, 0) is 24.3 Å². The van der Waals surface area contributed by atoms with E-state index >= 15 is 0 Å².